The number of nitrogens with two attached hydrogens (primary N) is 1. The normalized spacial score (nSPS) is 15.4. The Kier molecular flexibility index (Phi) is 3.30. The average Bonchev–Trinajstić information content (AvgIpc) is 2.03. The second kappa shape index (κ2) is 4.09. The topological polar surface area (TPSA) is 66.5 Å². The lowest BCUT2D eigenvalue weighted by Gasteiger charge is -2.16. The van der Waals surface area contributed by atoms with Gasteiger partial charge in [0.15, 0.2) is 0 Å². The van der Waals surface area contributed by atoms with Crippen molar-refractivity contribution in [3.8, 4) is 5.75 Å². The molecule has 0 fully saturated rings. The minimum absolute atomic E-state index is 0.174. The van der Waals surface area contributed by atoms with E-state index in [1.165, 1.54) is 0 Å². The zero-order chi connectivity index (χ0) is 10.0. The zero-order valence-corrected chi connectivity index (χ0v) is 8.82. The van der Waals surface area contributed by atoms with E-state index in [0.29, 0.717) is 4.47 Å². The fourth-order valence-corrected chi connectivity index (χ4v) is 1.68. The van der Waals surface area contributed by atoms with Crippen LogP contribution in [0, 0.1) is 0 Å². The van der Waals surface area contributed by atoms with Crippen LogP contribution in [0.1, 0.15) is 18.5 Å². The number of benzene rings is 1. The number of aliphatic hydroxyl groups excluding tert-OH is 1. The quantitative estimate of drug-likeness (QED) is 0.741. The van der Waals surface area contributed by atoms with Crippen LogP contribution >= 0.6 is 15.9 Å². The summed E-state index contributed by atoms with van der Waals surface area (Å²) >= 11 is 3.26. The highest BCUT2D eigenvalue weighted by Gasteiger charge is 2.14. The van der Waals surface area contributed by atoms with Gasteiger partial charge < -0.3 is 15.9 Å². The second-order valence-corrected chi connectivity index (χ2v) is 3.83. The van der Waals surface area contributed by atoms with Gasteiger partial charge in [-0.05, 0) is 24.6 Å². The van der Waals surface area contributed by atoms with Crippen molar-refractivity contribution < 1.29 is 10.2 Å². The molecule has 0 saturated heterocycles. The van der Waals surface area contributed by atoms with Crippen molar-refractivity contribution in [2.45, 2.75) is 19.1 Å². The molecule has 0 unspecified atom stereocenters. The van der Waals surface area contributed by atoms with E-state index in [9.17, 15) is 5.11 Å². The van der Waals surface area contributed by atoms with Crippen LogP contribution in [0.15, 0.2) is 22.7 Å². The van der Waals surface area contributed by atoms with E-state index in [1.807, 2.05) is 0 Å². The Bertz CT molecular complexity index is 302. The maximum absolute atomic E-state index is 9.26. The van der Waals surface area contributed by atoms with Crippen LogP contribution in [0.25, 0.3) is 0 Å². The molecule has 0 amide bonds. The van der Waals surface area contributed by atoms with Gasteiger partial charge in [0.25, 0.3) is 0 Å². The predicted molar refractivity (Wildman–Crippen MR) is 54.4 cm³/mol. The monoisotopic (exact) mass is 245 g/mol. The number of halogens is 1. The number of aromatic hydroxyl groups is 1. The molecule has 13 heavy (non-hydrogen) atoms. The second-order valence-electron chi connectivity index (χ2n) is 2.97. The summed E-state index contributed by atoms with van der Waals surface area (Å²) in [5, 5.41) is 18.4. The first-order chi connectivity index (χ1) is 6.02. The summed E-state index contributed by atoms with van der Waals surface area (Å²) in [6, 6.07) is 4.35. The summed E-state index contributed by atoms with van der Waals surface area (Å²) in [7, 11) is 0. The molecule has 0 aromatic heterocycles. The Morgan fingerprint density at radius 2 is 2.08 bits per heavy atom. The molecule has 0 saturated carbocycles. The third-order valence-electron chi connectivity index (χ3n) is 1.86. The van der Waals surface area contributed by atoms with Gasteiger partial charge in [-0.3, -0.25) is 0 Å². The first-order valence-corrected chi connectivity index (χ1v) is 4.73. The Morgan fingerprint density at radius 3 is 2.54 bits per heavy atom. The Labute approximate surface area is 85.3 Å². The maximum atomic E-state index is 9.26. The number of hydrogen-bond acceptors (Lipinski definition) is 3. The lowest BCUT2D eigenvalue weighted by Crippen LogP contribution is -2.23. The Balaban J connectivity index is 3.01. The lowest BCUT2D eigenvalue weighted by atomic mass is 10.0. The van der Waals surface area contributed by atoms with Gasteiger partial charge in [-0.15, -0.1) is 0 Å². The summed E-state index contributed by atoms with van der Waals surface area (Å²) < 4.78 is 0.709. The number of phenolic OH excluding ortho intramolecular Hbond substituents is 1. The Morgan fingerprint density at radius 1 is 1.46 bits per heavy atom. The van der Waals surface area contributed by atoms with Crippen molar-refractivity contribution in [1.29, 1.82) is 0 Å². The van der Waals surface area contributed by atoms with Gasteiger partial charge in [-0.2, -0.15) is 0 Å². The molecule has 4 heteroatoms. The first-order valence-electron chi connectivity index (χ1n) is 3.94. The summed E-state index contributed by atoms with van der Waals surface area (Å²) in [4.78, 5) is 0. The Hall–Kier alpha value is -0.580. The van der Waals surface area contributed by atoms with Gasteiger partial charge in [0.2, 0.25) is 0 Å². The van der Waals surface area contributed by atoms with Crippen molar-refractivity contribution in [3.63, 3.8) is 0 Å². The van der Waals surface area contributed by atoms with Gasteiger partial charge >= 0.3 is 0 Å². The van der Waals surface area contributed by atoms with Crippen LogP contribution in [0.5, 0.6) is 5.75 Å². The number of rotatable bonds is 2. The number of phenols is 1. The van der Waals surface area contributed by atoms with Gasteiger partial charge in [0.05, 0.1) is 12.1 Å². The van der Waals surface area contributed by atoms with Crippen LogP contribution in [0.4, 0.5) is 0 Å². The molecule has 0 aliphatic carbocycles. The third-order valence-corrected chi connectivity index (χ3v) is 2.55. The fourth-order valence-electron chi connectivity index (χ4n) is 1.05. The molecule has 4 N–H and O–H groups in total. The molecule has 0 aliphatic heterocycles. The highest BCUT2D eigenvalue weighted by atomic mass is 79.9. The van der Waals surface area contributed by atoms with E-state index < -0.39 is 12.1 Å². The summed E-state index contributed by atoms with van der Waals surface area (Å²) in [6.45, 7) is 1.63. The van der Waals surface area contributed by atoms with Gasteiger partial charge in [0, 0.05) is 4.47 Å². The summed E-state index contributed by atoms with van der Waals surface area (Å²) in [6.07, 6.45) is -0.610. The molecule has 0 spiro atoms. The highest BCUT2D eigenvalue weighted by Crippen LogP contribution is 2.27. The summed E-state index contributed by atoms with van der Waals surface area (Å²) in [5.41, 5.74) is 6.51. The maximum Gasteiger partial charge on any atom is 0.116 e. The van der Waals surface area contributed by atoms with Crippen LogP contribution in [-0.2, 0) is 0 Å². The van der Waals surface area contributed by atoms with E-state index in [1.54, 1.807) is 25.1 Å². The van der Waals surface area contributed by atoms with E-state index >= 15 is 0 Å². The molecule has 72 valence electrons. The van der Waals surface area contributed by atoms with Crippen molar-refractivity contribution in [1.82, 2.24) is 0 Å². The molecule has 0 radical (unpaired) electrons. The van der Waals surface area contributed by atoms with E-state index in [-0.39, 0.29) is 5.75 Å². The average molecular weight is 246 g/mol. The molecule has 2 atom stereocenters. The molecule has 0 bridgehead atoms. The van der Waals surface area contributed by atoms with Crippen LogP contribution < -0.4 is 5.73 Å². The fraction of sp³-hybridized carbons (Fsp3) is 0.333. The van der Waals surface area contributed by atoms with Crippen molar-refractivity contribution >= 4 is 15.9 Å². The van der Waals surface area contributed by atoms with Gasteiger partial charge in [-0.1, -0.05) is 22.0 Å². The molecular formula is C9H12BrNO2. The molecule has 1 rings (SSSR count). The number of hydrogen-bond donors (Lipinski definition) is 3. The number of aliphatic hydroxyl groups is 1. The van der Waals surface area contributed by atoms with Crippen molar-refractivity contribution in [3.05, 3.63) is 28.2 Å². The predicted octanol–water partition coefficient (Wildman–Crippen LogP) is 1.54. The molecular weight excluding hydrogens is 234 g/mol. The standard InChI is InChI=1S/C9H12BrNO2/c1-5(12)9(11)7-3-2-6(13)4-8(7)10/h2-5,9,12-13H,11H2,1H3/t5-,9-/m1/s1. The largest absolute Gasteiger partial charge is 0.508 e. The highest BCUT2D eigenvalue weighted by molar-refractivity contribution is 9.10. The van der Waals surface area contributed by atoms with Crippen molar-refractivity contribution in [2.75, 3.05) is 0 Å². The van der Waals surface area contributed by atoms with Crippen LogP contribution in [0.3, 0.4) is 0 Å². The third kappa shape index (κ3) is 2.43. The minimum Gasteiger partial charge on any atom is -0.508 e. The van der Waals surface area contributed by atoms with Gasteiger partial charge in [-0.25, -0.2) is 0 Å². The van der Waals surface area contributed by atoms with Crippen LogP contribution in [-0.4, -0.2) is 16.3 Å². The van der Waals surface area contributed by atoms with Crippen LogP contribution in [0.2, 0.25) is 0 Å². The van der Waals surface area contributed by atoms with E-state index in [4.69, 9.17) is 10.8 Å². The first kappa shape index (κ1) is 10.5. The molecule has 1 aromatic rings. The zero-order valence-electron chi connectivity index (χ0n) is 7.24. The molecule has 0 aliphatic rings. The summed E-state index contributed by atoms with van der Waals surface area (Å²) in [5.74, 6) is 0.174. The molecule has 0 heterocycles. The van der Waals surface area contributed by atoms with E-state index in [0.717, 1.165) is 5.56 Å². The van der Waals surface area contributed by atoms with Crippen molar-refractivity contribution in [2.24, 2.45) is 5.73 Å². The molecule has 1 aromatic carbocycles. The van der Waals surface area contributed by atoms with Gasteiger partial charge in [0.1, 0.15) is 5.75 Å². The van der Waals surface area contributed by atoms with E-state index in [2.05, 4.69) is 15.9 Å². The lowest BCUT2D eigenvalue weighted by molar-refractivity contribution is 0.164. The SMILES string of the molecule is C[C@@H](O)[C@@H](N)c1ccc(O)cc1Br. The minimum atomic E-state index is -0.610. The molecule has 3 nitrogen and oxygen atoms in total. The smallest absolute Gasteiger partial charge is 0.116 e.